The molecule has 0 rings (SSSR count). The Kier molecular flexibility index (Phi) is 40.1. The topological polar surface area (TPSA) is 89.8 Å². The molecule has 0 aromatic rings. The van der Waals surface area contributed by atoms with E-state index in [4.69, 9.17) is 0 Å². The minimum Gasteiger partial charge on any atom is -0.394 e. The molecule has 1 amide bonds. The van der Waals surface area contributed by atoms with Crippen LogP contribution in [0.25, 0.3) is 0 Å². The fourth-order valence-corrected chi connectivity index (χ4v) is 7.07. The highest BCUT2D eigenvalue weighted by atomic mass is 16.3. The van der Waals surface area contributed by atoms with Crippen molar-refractivity contribution in [2.75, 3.05) is 6.61 Å². The maximum Gasteiger partial charge on any atom is 0.249 e. The third kappa shape index (κ3) is 35.5. The van der Waals surface area contributed by atoms with Crippen molar-refractivity contribution in [3.05, 3.63) is 12.2 Å². The molecule has 0 bridgehead atoms. The molecule has 5 nitrogen and oxygen atoms in total. The van der Waals surface area contributed by atoms with Gasteiger partial charge in [-0.05, 0) is 19.3 Å². The molecule has 0 saturated heterocycles. The molecular weight excluding hydrogens is 618 g/mol. The summed E-state index contributed by atoms with van der Waals surface area (Å²) in [7, 11) is 0. The molecule has 0 heterocycles. The summed E-state index contributed by atoms with van der Waals surface area (Å²) in [4.78, 5) is 12.5. The molecule has 5 heteroatoms. The minimum atomic E-state index is -1.09. The van der Waals surface area contributed by atoms with Crippen molar-refractivity contribution in [1.82, 2.24) is 5.32 Å². The Morgan fingerprint density at radius 3 is 1.10 bits per heavy atom. The quantitative estimate of drug-likeness (QED) is 0.0376. The maximum absolute atomic E-state index is 12.5. The van der Waals surface area contributed by atoms with Crippen molar-refractivity contribution in [1.29, 1.82) is 0 Å². The molecule has 3 unspecified atom stereocenters. The van der Waals surface area contributed by atoms with Crippen molar-refractivity contribution in [3.8, 4) is 0 Å². The zero-order valence-electron chi connectivity index (χ0n) is 33.8. The normalized spacial score (nSPS) is 13.6. The van der Waals surface area contributed by atoms with Gasteiger partial charge in [0.25, 0.3) is 0 Å². The van der Waals surface area contributed by atoms with E-state index in [0.29, 0.717) is 6.42 Å². The Bertz CT molecular complexity index is 699. The fourth-order valence-electron chi connectivity index (χ4n) is 7.07. The third-order valence-electron chi connectivity index (χ3n) is 10.6. The predicted octanol–water partition coefficient (Wildman–Crippen LogP) is 12.8. The monoisotopic (exact) mass is 708 g/mol. The number of hydrogen-bond donors (Lipinski definition) is 4. The number of allylic oxidation sites excluding steroid dienone is 1. The average Bonchev–Trinajstić information content (AvgIpc) is 3.12. The Morgan fingerprint density at radius 2 is 0.780 bits per heavy atom. The Labute approximate surface area is 312 Å². The van der Waals surface area contributed by atoms with Crippen molar-refractivity contribution >= 4 is 5.91 Å². The summed E-state index contributed by atoms with van der Waals surface area (Å²) in [5, 5.41) is 33.2. The van der Waals surface area contributed by atoms with Crippen LogP contribution in [0.3, 0.4) is 0 Å². The lowest BCUT2D eigenvalue weighted by Gasteiger charge is -2.21. The highest BCUT2D eigenvalue weighted by molar-refractivity contribution is 5.80. The number of rotatable bonds is 41. The maximum atomic E-state index is 12.5. The molecule has 0 saturated carbocycles. The van der Waals surface area contributed by atoms with Crippen molar-refractivity contribution < 1.29 is 20.1 Å². The van der Waals surface area contributed by atoms with Crippen LogP contribution in [0.2, 0.25) is 0 Å². The standard InChI is InChI=1S/C45H89NO4/c1-3-5-7-9-11-13-15-17-19-21-22-24-26-28-30-32-34-36-38-40-44(49)45(50)46-42(41-47)43(48)39-37-35-33-31-29-27-25-23-20-18-16-14-12-10-8-6-4-2/h37,39,42-44,47-49H,3-36,38,40-41H2,1-2H3,(H,46,50)/b39-37+. The average molecular weight is 708 g/mol. The Balaban J connectivity index is 3.63. The molecule has 0 aliphatic heterocycles. The van der Waals surface area contributed by atoms with E-state index in [1.54, 1.807) is 6.08 Å². The summed E-state index contributed by atoms with van der Waals surface area (Å²) in [6.07, 6.45) is 48.1. The first-order valence-corrected chi connectivity index (χ1v) is 22.5. The van der Waals surface area contributed by atoms with E-state index in [9.17, 15) is 20.1 Å². The van der Waals surface area contributed by atoms with Crippen LogP contribution in [0.5, 0.6) is 0 Å². The highest BCUT2D eigenvalue weighted by Gasteiger charge is 2.22. The van der Waals surface area contributed by atoms with Crippen LogP contribution in [0.1, 0.15) is 245 Å². The van der Waals surface area contributed by atoms with Crippen molar-refractivity contribution in [2.24, 2.45) is 0 Å². The molecule has 0 radical (unpaired) electrons. The van der Waals surface area contributed by atoms with Gasteiger partial charge in [-0.15, -0.1) is 0 Å². The number of carbonyl (C=O) groups is 1. The zero-order chi connectivity index (χ0) is 36.6. The van der Waals surface area contributed by atoms with Gasteiger partial charge in [-0.3, -0.25) is 4.79 Å². The van der Waals surface area contributed by atoms with E-state index >= 15 is 0 Å². The lowest BCUT2D eigenvalue weighted by atomic mass is 10.0. The number of aliphatic hydroxyl groups excluding tert-OH is 3. The fraction of sp³-hybridized carbons (Fsp3) is 0.933. The first-order chi connectivity index (χ1) is 24.6. The van der Waals surface area contributed by atoms with E-state index in [0.717, 1.165) is 32.1 Å². The largest absolute Gasteiger partial charge is 0.394 e. The van der Waals surface area contributed by atoms with Gasteiger partial charge >= 0.3 is 0 Å². The Morgan fingerprint density at radius 1 is 0.480 bits per heavy atom. The number of nitrogens with one attached hydrogen (secondary N) is 1. The smallest absolute Gasteiger partial charge is 0.249 e. The first kappa shape index (κ1) is 49.1. The van der Waals surface area contributed by atoms with Crippen LogP contribution < -0.4 is 5.32 Å². The molecule has 0 aromatic carbocycles. The number of aliphatic hydroxyl groups is 3. The molecule has 0 aliphatic rings. The lowest BCUT2D eigenvalue weighted by Crippen LogP contribution is -2.48. The van der Waals surface area contributed by atoms with E-state index in [-0.39, 0.29) is 6.61 Å². The number of unbranched alkanes of at least 4 members (excludes halogenated alkanes) is 33. The molecule has 0 fully saturated rings. The summed E-state index contributed by atoms with van der Waals surface area (Å²) in [6, 6.07) is -0.792. The molecule has 4 N–H and O–H groups in total. The highest BCUT2D eigenvalue weighted by Crippen LogP contribution is 2.16. The molecule has 0 aliphatic carbocycles. The van der Waals surface area contributed by atoms with E-state index < -0.39 is 24.2 Å². The van der Waals surface area contributed by atoms with E-state index in [1.807, 2.05) is 6.08 Å². The van der Waals surface area contributed by atoms with Gasteiger partial charge in [0.05, 0.1) is 18.8 Å². The molecule has 298 valence electrons. The third-order valence-corrected chi connectivity index (χ3v) is 10.6. The van der Waals surface area contributed by atoms with Gasteiger partial charge in [-0.25, -0.2) is 0 Å². The zero-order valence-corrected chi connectivity index (χ0v) is 33.8. The SMILES string of the molecule is CCCCCCCCCCCCCCCCC/C=C/C(O)C(CO)NC(=O)C(O)CCCCCCCCCCCCCCCCCCCCC. The summed E-state index contributed by atoms with van der Waals surface area (Å²) >= 11 is 0. The molecular formula is C45H89NO4. The second-order valence-corrected chi connectivity index (χ2v) is 15.6. The van der Waals surface area contributed by atoms with Crippen LogP contribution in [-0.4, -0.2) is 46.1 Å². The van der Waals surface area contributed by atoms with Gasteiger partial charge in [0.15, 0.2) is 0 Å². The van der Waals surface area contributed by atoms with Crippen molar-refractivity contribution in [2.45, 2.75) is 263 Å². The van der Waals surface area contributed by atoms with Gasteiger partial charge in [0, 0.05) is 0 Å². The van der Waals surface area contributed by atoms with Crippen LogP contribution >= 0.6 is 0 Å². The number of carbonyl (C=O) groups excluding carboxylic acids is 1. The summed E-state index contributed by atoms with van der Waals surface area (Å²) in [5.41, 5.74) is 0. The second-order valence-electron chi connectivity index (χ2n) is 15.6. The summed E-state index contributed by atoms with van der Waals surface area (Å²) in [6.45, 7) is 4.20. The van der Waals surface area contributed by atoms with E-state index in [1.165, 1.54) is 193 Å². The predicted molar refractivity (Wildman–Crippen MR) is 218 cm³/mol. The minimum absolute atomic E-state index is 0.359. The van der Waals surface area contributed by atoms with E-state index in [2.05, 4.69) is 19.2 Å². The van der Waals surface area contributed by atoms with Gasteiger partial charge < -0.3 is 20.6 Å². The molecule has 3 atom stereocenters. The van der Waals surface area contributed by atoms with Crippen LogP contribution in [0.4, 0.5) is 0 Å². The van der Waals surface area contributed by atoms with Crippen LogP contribution in [-0.2, 0) is 4.79 Å². The van der Waals surface area contributed by atoms with Gasteiger partial charge in [-0.2, -0.15) is 0 Å². The van der Waals surface area contributed by atoms with Crippen molar-refractivity contribution in [3.63, 3.8) is 0 Å². The number of amides is 1. The first-order valence-electron chi connectivity index (χ1n) is 22.5. The van der Waals surface area contributed by atoms with Gasteiger partial charge in [0.2, 0.25) is 5.91 Å². The summed E-state index contributed by atoms with van der Waals surface area (Å²) in [5.74, 6) is -0.499. The molecule has 0 spiro atoms. The Hall–Kier alpha value is -0.910. The van der Waals surface area contributed by atoms with Gasteiger partial charge in [0.1, 0.15) is 6.10 Å². The molecule has 50 heavy (non-hydrogen) atoms. The second kappa shape index (κ2) is 40.9. The lowest BCUT2D eigenvalue weighted by molar-refractivity contribution is -0.131. The van der Waals surface area contributed by atoms with Gasteiger partial charge in [-0.1, -0.05) is 238 Å². The molecule has 0 aromatic heterocycles. The summed E-state index contributed by atoms with van der Waals surface area (Å²) < 4.78 is 0. The van der Waals surface area contributed by atoms with Crippen LogP contribution in [0, 0.1) is 0 Å². The van der Waals surface area contributed by atoms with Crippen LogP contribution in [0.15, 0.2) is 12.2 Å². The number of hydrogen-bond acceptors (Lipinski definition) is 4.